The van der Waals surface area contributed by atoms with E-state index in [1.807, 2.05) is 13.8 Å². The molecule has 2 aromatic rings. The second-order valence-electron chi connectivity index (χ2n) is 4.47. The first kappa shape index (κ1) is 14.7. The zero-order valence-electron chi connectivity index (χ0n) is 11.7. The summed E-state index contributed by atoms with van der Waals surface area (Å²) in [7, 11) is 0. The number of imidazole rings is 1. The third-order valence-corrected chi connectivity index (χ3v) is 2.34. The van der Waals surface area contributed by atoms with E-state index in [-0.39, 0.29) is 30.4 Å². The molecule has 0 atom stereocenters. The summed E-state index contributed by atoms with van der Waals surface area (Å²) < 4.78 is 1.60. The van der Waals surface area contributed by atoms with Crippen LogP contribution in [0.5, 0.6) is 0 Å². The Kier molecular flexibility index (Phi) is 4.61. The van der Waals surface area contributed by atoms with Gasteiger partial charge in [0.25, 0.3) is 0 Å². The predicted octanol–water partition coefficient (Wildman–Crippen LogP) is -0.721. The number of carbonyl (C=O) groups is 1. The van der Waals surface area contributed by atoms with Crippen LogP contribution in [-0.4, -0.2) is 43.0 Å². The quantitative estimate of drug-likeness (QED) is 0.404. The summed E-state index contributed by atoms with van der Waals surface area (Å²) in [6, 6.07) is 0.0698. The third kappa shape index (κ3) is 4.11. The second kappa shape index (κ2) is 6.61. The molecule has 5 N–H and O–H groups in total. The lowest BCUT2D eigenvalue weighted by molar-refractivity contribution is -0.119. The standard InChI is InChI=1S/C11H17N9O/c1-7(2)15-8(21)5-14-9-16-10(19-12)18-11(17-9)20-4-3-13-6-20/h3-4,6-7H,5,12H2,1-2H3,(H,15,21)(H2,14,16,17,18,19). The minimum Gasteiger partial charge on any atom is -0.352 e. The van der Waals surface area contributed by atoms with Crippen LogP contribution in [0.15, 0.2) is 18.7 Å². The SMILES string of the molecule is CC(C)NC(=O)CNc1nc(NN)nc(-n2ccnc2)n1. The Hall–Kier alpha value is -2.75. The molecule has 2 rings (SSSR count). The van der Waals surface area contributed by atoms with Gasteiger partial charge in [0.15, 0.2) is 0 Å². The van der Waals surface area contributed by atoms with Gasteiger partial charge in [-0.2, -0.15) is 15.0 Å². The van der Waals surface area contributed by atoms with E-state index < -0.39 is 0 Å². The van der Waals surface area contributed by atoms with Gasteiger partial charge in [-0.05, 0) is 13.8 Å². The monoisotopic (exact) mass is 291 g/mol. The van der Waals surface area contributed by atoms with E-state index in [4.69, 9.17) is 5.84 Å². The molecule has 0 saturated heterocycles. The maximum atomic E-state index is 11.6. The van der Waals surface area contributed by atoms with E-state index in [1.54, 1.807) is 23.3 Å². The molecule has 112 valence electrons. The molecular formula is C11H17N9O. The van der Waals surface area contributed by atoms with E-state index in [0.29, 0.717) is 5.95 Å². The Labute approximate surface area is 121 Å². The van der Waals surface area contributed by atoms with E-state index in [1.165, 1.54) is 0 Å². The van der Waals surface area contributed by atoms with Gasteiger partial charge in [0.05, 0.1) is 6.54 Å². The fourth-order valence-corrected chi connectivity index (χ4v) is 1.53. The van der Waals surface area contributed by atoms with Crippen molar-refractivity contribution in [2.24, 2.45) is 5.84 Å². The average molecular weight is 291 g/mol. The Balaban J connectivity index is 2.12. The maximum absolute atomic E-state index is 11.6. The highest BCUT2D eigenvalue weighted by Crippen LogP contribution is 2.08. The van der Waals surface area contributed by atoms with Gasteiger partial charge in [-0.3, -0.25) is 14.8 Å². The Bertz CT molecular complexity index is 596. The zero-order chi connectivity index (χ0) is 15.2. The van der Waals surface area contributed by atoms with Gasteiger partial charge in [-0.25, -0.2) is 10.8 Å². The molecule has 2 heterocycles. The van der Waals surface area contributed by atoms with E-state index in [2.05, 4.69) is 36.0 Å². The Morgan fingerprint density at radius 3 is 2.71 bits per heavy atom. The first-order valence-electron chi connectivity index (χ1n) is 6.32. The zero-order valence-corrected chi connectivity index (χ0v) is 11.7. The summed E-state index contributed by atoms with van der Waals surface area (Å²) in [5.74, 6) is 5.93. The topological polar surface area (TPSA) is 136 Å². The maximum Gasteiger partial charge on any atom is 0.243 e. The molecule has 10 nitrogen and oxygen atoms in total. The van der Waals surface area contributed by atoms with Gasteiger partial charge in [0.1, 0.15) is 6.33 Å². The van der Waals surface area contributed by atoms with Crippen molar-refractivity contribution in [3.8, 4) is 5.95 Å². The molecule has 0 bridgehead atoms. The number of aromatic nitrogens is 5. The number of anilines is 2. The minimum absolute atomic E-state index is 0.0512. The van der Waals surface area contributed by atoms with Gasteiger partial charge in [0, 0.05) is 18.4 Å². The van der Waals surface area contributed by atoms with E-state index >= 15 is 0 Å². The van der Waals surface area contributed by atoms with Gasteiger partial charge in [-0.15, -0.1) is 0 Å². The van der Waals surface area contributed by atoms with E-state index in [9.17, 15) is 4.79 Å². The highest BCUT2D eigenvalue weighted by molar-refractivity contribution is 5.80. The van der Waals surface area contributed by atoms with Crippen molar-refractivity contribution >= 4 is 17.8 Å². The smallest absolute Gasteiger partial charge is 0.243 e. The molecule has 0 saturated carbocycles. The van der Waals surface area contributed by atoms with Crippen molar-refractivity contribution in [1.29, 1.82) is 0 Å². The number of hydrogen-bond donors (Lipinski definition) is 4. The third-order valence-electron chi connectivity index (χ3n) is 2.34. The molecule has 0 radical (unpaired) electrons. The number of amides is 1. The number of nitrogens with one attached hydrogen (secondary N) is 3. The minimum atomic E-state index is -0.156. The Morgan fingerprint density at radius 2 is 2.10 bits per heavy atom. The summed E-state index contributed by atoms with van der Waals surface area (Å²) in [6.07, 6.45) is 4.83. The summed E-state index contributed by atoms with van der Waals surface area (Å²) >= 11 is 0. The Morgan fingerprint density at radius 1 is 1.33 bits per heavy atom. The van der Waals surface area contributed by atoms with Crippen LogP contribution in [0.25, 0.3) is 5.95 Å². The largest absolute Gasteiger partial charge is 0.352 e. The van der Waals surface area contributed by atoms with Gasteiger partial charge in [0.2, 0.25) is 23.8 Å². The normalized spacial score (nSPS) is 10.5. The summed E-state index contributed by atoms with van der Waals surface area (Å²) in [5.41, 5.74) is 2.35. The molecule has 0 aliphatic heterocycles. The highest BCUT2D eigenvalue weighted by atomic mass is 16.1. The van der Waals surface area contributed by atoms with Crippen molar-refractivity contribution in [2.45, 2.75) is 19.9 Å². The predicted molar refractivity (Wildman–Crippen MR) is 76.5 cm³/mol. The molecule has 0 aliphatic carbocycles. The molecule has 21 heavy (non-hydrogen) atoms. The van der Waals surface area contributed by atoms with Crippen LogP contribution in [0.2, 0.25) is 0 Å². The van der Waals surface area contributed by atoms with Crippen LogP contribution in [0.1, 0.15) is 13.8 Å². The first-order valence-corrected chi connectivity index (χ1v) is 6.32. The van der Waals surface area contributed by atoms with Crippen LogP contribution < -0.4 is 21.9 Å². The number of nitrogens with zero attached hydrogens (tertiary/aromatic N) is 5. The second-order valence-corrected chi connectivity index (χ2v) is 4.47. The lowest BCUT2D eigenvalue weighted by Gasteiger charge is -2.10. The summed E-state index contributed by atoms with van der Waals surface area (Å²) in [5, 5.41) is 5.58. The number of rotatable bonds is 6. The summed E-state index contributed by atoms with van der Waals surface area (Å²) in [4.78, 5) is 27.8. The lowest BCUT2D eigenvalue weighted by Crippen LogP contribution is -2.35. The van der Waals surface area contributed by atoms with Crippen molar-refractivity contribution in [1.82, 2.24) is 29.8 Å². The van der Waals surface area contributed by atoms with Crippen LogP contribution in [0.4, 0.5) is 11.9 Å². The van der Waals surface area contributed by atoms with Crippen molar-refractivity contribution in [3.05, 3.63) is 18.7 Å². The van der Waals surface area contributed by atoms with Crippen LogP contribution in [-0.2, 0) is 4.79 Å². The molecule has 0 unspecified atom stereocenters. The molecule has 2 aromatic heterocycles. The van der Waals surface area contributed by atoms with E-state index in [0.717, 1.165) is 0 Å². The molecule has 0 spiro atoms. The van der Waals surface area contributed by atoms with Gasteiger partial charge < -0.3 is 10.6 Å². The number of nitrogen functional groups attached to an aromatic ring is 1. The molecule has 10 heteroatoms. The molecular weight excluding hydrogens is 274 g/mol. The highest BCUT2D eigenvalue weighted by Gasteiger charge is 2.09. The molecule has 0 aromatic carbocycles. The van der Waals surface area contributed by atoms with Crippen LogP contribution in [0, 0.1) is 0 Å². The summed E-state index contributed by atoms with van der Waals surface area (Å²) in [6.45, 7) is 3.82. The van der Waals surface area contributed by atoms with Crippen molar-refractivity contribution < 1.29 is 4.79 Å². The number of hydrazine groups is 1. The molecule has 1 amide bonds. The average Bonchev–Trinajstić information content (AvgIpc) is 2.98. The lowest BCUT2D eigenvalue weighted by atomic mass is 10.4. The van der Waals surface area contributed by atoms with Crippen molar-refractivity contribution in [3.63, 3.8) is 0 Å². The number of carbonyl (C=O) groups excluding carboxylic acids is 1. The fraction of sp³-hybridized carbons (Fsp3) is 0.364. The molecule has 0 fully saturated rings. The van der Waals surface area contributed by atoms with Crippen molar-refractivity contribution in [2.75, 3.05) is 17.3 Å². The number of hydrogen-bond acceptors (Lipinski definition) is 8. The fourth-order valence-electron chi connectivity index (χ4n) is 1.53. The van der Waals surface area contributed by atoms with Gasteiger partial charge in [-0.1, -0.05) is 0 Å². The van der Waals surface area contributed by atoms with Crippen LogP contribution >= 0.6 is 0 Å². The number of nitrogens with two attached hydrogens (primary N) is 1. The van der Waals surface area contributed by atoms with Gasteiger partial charge >= 0.3 is 0 Å². The van der Waals surface area contributed by atoms with Crippen LogP contribution in [0.3, 0.4) is 0 Å². The molecule has 0 aliphatic rings. The first-order chi connectivity index (χ1) is 10.1.